The molecule has 0 spiro atoms. The van der Waals surface area contributed by atoms with E-state index in [4.69, 9.17) is 9.47 Å². The Balaban J connectivity index is 2.36. The van der Waals surface area contributed by atoms with Crippen LogP contribution in [0.1, 0.15) is 59.9 Å². The normalized spacial score (nSPS) is 13.7. The Hall–Kier alpha value is -1.10. The molecule has 0 aliphatic carbocycles. The summed E-state index contributed by atoms with van der Waals surface area (Å²) in [5.74, 6) is 0.815. The van der Waals surface area contributed by atoms with Gasteiger partial charge in [0.2, 0.25) is 0 Å². The van der Waals surface area contributed by atoms with Crippen molar-refractivity contribution in [3.8, 4) is 5.75 Å². The average molecular weight is 367 g/mol. The number of quaternary nitrogens is 1. The van der Waals surface area contributed by atoms with Gasteiger partial charge in [-0.15, -0.1) is 0 Å². The van der Waals surface area contributed by atoms with Gasteiger partial charge >= 0.3 is 0 Å². The minimum Gasteiger partial charge on any atom is -0.491 e. The molecule has 1 aromatic carbocycles. The monoisotopic (exact) mass is 366 g/mol. The molecule has 0 aliphatic heterocycles. The van der Waals surface area contributed by atoms with Crippen LogP contribution in [-0.2, 0) is 10.2 Å². The zero-order valence-electron chi connectivity index (χ0n) is 17.7. The lowest BCUT2D eigenvalue weighted by atomic mass is 9.72. The van der Waals surface area contributed by atoms with Crippen molar-refractivity contribution in [3.05, 3.63) is 29.8 Å². The van der Waals surface area contributed by atoms with Crippen LogP contribution in [-0.4, -0.2) is 44.1 Å². The highest BCUT2D eigenvalue weighted by Gasteiger charge is 2.27. The zero-order valence-corrected chi connectivity index (χ0v) is 17.7. The molecule has 1 atom stereocenters. The van der Waals surface area contributed by atoms with Crippen LogP contribution in [0.4, 0.5) is 0 Å². The van der Waals surface area contributed by atoms with Gasteiger partial charge in [0.1, 0.15) is 25.0 Å². The summed E-state index contributed by atoms with van der Waals surface area (Å²) in [4.78, 5) is 0. The molecular formula is C22H40NO3+. The van der Waals surface area contributed by atoms with Crippen LogP contribution in [0.15, 0.2) is 24.3 Å². The van der Waals surface area contributed by atoms with E-state index in [1.807, 2.05) is 19.1 Å². The van der Waals surface area contributed by atoms with Gasteiger partial charge < -0.3 is 19.9 Å². The molecule has 26 heavy (non-hydrogen) atoms. The van der Waals surface area contributed by atoms with Crippen LogP contribution in [0.5, 0.6) is 5.75 Å². The second-order valence-corrected chi connectivity index (χ2v) is 8.97. The van der Waals surface area contributed by atoms with Crippen molar-refractivity contribution in [1.82, 2.24) is 0 Å². The zero-order chi connectivity index (χ0) is 19.6. The molecule has 0 aliphatic rings. The molecule has 150 valence electrons. The van der Waals surface area contributed by atoms with Crippen LogP contribution in [0.2, 0.25) is 0 Å². The number of aliphatic hydroxyl groups excluding tert-OH is 1. The quantitative estimate of drug-likeness (QED) is 0.559. The first-order valence-corrected chi connectivity index (χ1v) is 9.95. The van der Waals surface area contributed by atoms with E-state index >= 15 is 0 Å². The highest BCUT2D eigenvalue weighted by atomic mass is 16.5. The molecule has 0 bridgehead atoms. The van der Waals surface area contributed by atoms with E-state index in [0.717, 1.165) is 38.3 Å². The number of benzene rings is 1. The van der Waals surface area contributed by atoms with E-state index < -0.39 is 6.10 Å². The Kier molecular flexibility index (Phi) is 9.62. The highest BCUT2D eigenvalue weighted by Crippen LogP contribution is 2.36. The van der Waals surface area contributed by atoms with Gasteiger partial charge in [-0.2, -0.15) is 0 Å². The van der Waals surface area contributed by atoms with E-state index in [0.29, 0.717) is 18.6 Å². The summed E-state index contributed by atoms with van der Waals surface area (Å²) in [5.41, 5.74) is 1.75. The first-order valence-electron chi connectivity index (χ1n) is 9.95. The molecular weight excluding hydrogens is 326 g/mol. The topological polar surface area (TPSA) is 55.3 Å². The molecule has 0 fully saturated rings. The molecule has 0 amide bonds. The number of ether oxygens (including phenoxy) is 2. The third-order valence-electron chi connectivity index (χ3n) is 4.39. The first kappa shape index (κ1) is 22.9. The van der Waals surface area contributed by atoms with E-state index in [1.54, 1.807) is 0 Å². The third kappa shape index (κ3) is 9.56. The average Bonchev–Trinajstić information content (AvgIpc) is 2.54. The Morgan fingerprint density at radius 2 is 1.73 bits per heavy atom. The fourth-order valence-electron chi connectivity index (χ4n) is 3.48. The maximum absolute atomic E-state index is 10.0. The number of hydrogen-bond acceptors (Lipinski definition) is 3. The largest absolute Gasteiger partial charge is 0.491 e. The van der Waals surface area contributed by atoms with Gasteiger partial charge in [-0.25, -0.2) is 0 Å². The van der Waals surface area contributed by atoms with Crippen molar-refractivity contribution in [3.63, 3.8) is 0 Å². The third-order valence-corrected chi connectivity index (χ3v) is 4.39. The molecule has 3 N–H and O–H groups in total. The number of rotatable bonds is 12. The van der Waals surface area contributed by atoms with Crippen LogP contribution in [0.25, 0.3) is 0 Å². The Labute approximate surface area is 160 Å². The predicted octanol–water partition coefficient (Wildman–Crippen LogP) is 3.13. The summed E-state index contributed by atoms with van der Waals surface area (Å²) in [6.07, 6.45) is 1.67. The molecule has 0 saturated carbocycles. The lowest BCUT2D eigenvalue weighted by Crippen LogP contribution is -2.86. The van der Waals surface area contributed by atoms with Crippen molar-refractivity contribution >= 4 is 0 Å². The summed E-state index contributed by atoms with van der Waals surface area (Å²) in [5, 5.41) is 12.2. The van der Waals surface area contributed by atoms with Gasteiger partial charge in [-0.05, 0) is 41.9 Å². The maximum atomic E-state index is 10.0. The fraction of sp³-hybridized carbons (Fsp3) is 0.727. The van der Waals surface area contributed by atoms with Gasteiger partial charge in [0.25, 0.3) is 0 Å². The van der Waals surface area contributed by atoms with Crippen molar-refractivity contribution in [1.29, 1.82) is 0 Å². The predicted molar refractivity (Wildman–Crippen MR) is 108 cm³/mol. The highest BCUT2D eigenvalue weighted by molar-refractivity contribution is 5.31. The summed E-state index contributed by atoms with van der Waals surface area (Å²) in [7, 11) is 0. The van der Waals surface area contributed by atoms with Gasteiger partial charge in [0.05, 0.1) is 13.2 Å². The van der Waals surface area contributed by atoms with Crippen molar-refractivity contribution < 1.29 is 19.9 Å². The van der Waals surface area contributed by atoms with Crippen molar-refractivity contribution in [2.45, 2.75) is 65.9 Å². The molecule has 4 heteroatoms. The second kappa shape index (κ2) is 10.9. The summed E-state index contributed by atoms with van der Waals surface area (Å²) in [6.45, 7) is 16.9. The lowest BCUT2D eigenvalue weighted by molar-refractivity contribution is -0.661. The maximum Gasteiger partial charge on any atom is 0.137 e. The van der Waals surface area contributed by atoms with Gasteiger partial charge in [-0.1, -0.05) is 46.8 Å². The summed E-state index contributed by atoms with van der Waals surface area (Å²) < 4.78 is 11.0. The van der Waals surface area contributed by atoms with Crippen molar-refractivity contribution in [2.24, 2.45) is 5.41 Å². The minimum absolute atomic E-state index is 0.132. The fourth-order valence-corrected chi connectivity index (χ4v) is 3.48. The molecule has 0 radical (unpaired) electrons. The SMILES string of the molecule is CCOCCC[NH2+]C[C@H](O)COc1ccc(C(C)(C)CC(C)(C)C)cc1. The van der Waals surface area contributed by atoms with Gasteiger partial charge in [-0.3, -0.25) is 0 Å². The lowest BCUT2D eigenvalue weighted by Gasteiger charge is -2.33. The molecule has 4 nitrogen and oxygen atoms in total. The Morgan fingerprint density at radius 3 is 2.31 bits per heavy atom. The van der Waals surface area contributed by atoms with Crippen molar-refractivity contribution in [2.75, 3.05) is 32.9 Å². The number of aliphatic hydroxyl groups is 1. The summed E-state index contributed by atoms with van der Waals surface area (Å²) >= 11 is 0. The Bertz CT molecular complexity index is 491. The first-order chi connectivity index (χ1) is 12.1. The van der Waals surface area contributed by atoms with E-state index in [-0.39, 0.29) is 5.41 Å². The van der Waals surface area contributed by atoms with Crippen LogP contribution >= 0.6 is 0 Å². The van der Waals surface area contributed by atoms with Crippen LogP contribution in [0, 0.1) is 5.41 Å². The van der Waals surface area contributed by atoms with Crippen LogP contribution in [0.3, 0.4) is 0 Å². The Morgan fingerprint density at radius 1 is 1.08 bits per heavy atom. The molecule has 0 heterocycles. The molecule has 0 saturated heterocycles. The molecule has 1 rings (SSSR count). The van der Waals surface area contributed by atoms with E-state index in [1.165, 1.54) is 5.56 Å². The minimum atomic E-state index is -0.459. The number of nitrogens with two attached hydrogens (primary N) is 1. The van der Waals surface area contributed by atoms with E-state index in [2.05, 4.69) is 52.1 Å². The second-order valence-electron chi connectivity index (χ2n) is 8.97. The smallest absolute Gasteiger partial charge is 0.137 e. The van der Waals surface area contributed by atoms with Gasteiger partial charge in [0.15, 0.2) is 0 Å². The molecule has 1 aromatic rings. The standard InChI is InChI=1S/C22H39NO3/c1-7-25-14-8-13-23-15-19(24)16-26-20-11-9-18(10-12-20)22(5,6)17-21(2,3)4/h9-12,19,23-24H,7-8,13-17H2,1-6H3/p+1/t19-/m0/s1. The molecule has 0 unspecified atom stereocenters. The number of hydrogen-bond donors (Lipinski definition) is 2. The van der Waals surface area contributed by atoms with Crippen LogP contribution < -0.4 is 10.1 Å². The van der Waals surface area contributed by atoms with E-state index in [9.17, 15) is 5.11 Å². The molecule has 0 aromatic heterocycles. The van der Waals surface area contributed by atoms with Gasteiger partial charge in [0, 0.05) is 13.0 Å². The summed E-state index contributed by atoms with van der Waals surface area (Å²) in [6, 6.07) is 8.32.